The van der Waals surface area contributed by atoms with E-state index < -0.39 is 5.97 Å². The summed E-state index contributed by atoms with van der Waals surface area (Å²) in [5, 5.41) is 17.7. The maximum Gasteiger partial charge on any atom is 0.327 e. The van der Waals surface area contributed by atoms with Gasteiger partial charge in [0.15, 0.2) is 10.3 Å². The van der Waals surface area contributed by atoms with Gasteiger partial charge in [0, 0.05) is 53.2 Å². The predicted octanol–water partition coefficient (Wildman–Crippen LogP) is 11.1. The molecule has 75 heavy (non-hydrogen) atoms. The number of carboxylic acid groups (broad SMARTS) is 1. The van der Waals surface area contributed by atoms with Crippen LogP contribution in [0.5, 0.6) is 0 Å². The minimum Gasteiger partial charge on any atom is -0.478 e. The van der Waals surface area contributed by atoms with E-state index in [-0.39, 0.29) is 40.4 Å². The number of amides is 3. The topological polar surface area (TPSA) is 235 Å². The Morgan fingerprint density at radius 3 is 1.52 bits per heavy atom. The van der Waals surface area contributed by atoms with Crippen molar-refractivity contribution in [2.24, 2.45) is 11.8 Å². The number of rotatable bonds is 17. The van der Waals surface area contributed by atoms with E-state index in [9.17, 15) is 19.2 Å². The quantitative estimate of drug-likeness (QED) is 0.0324. The number of carboxylic acids is 1. The van der Waals surface area contributed by atoms with E-state index in [1.54, 1.807) is 48.3 Å². The van der Waals surface area contributed by atoms with E-state index in [2.05, 4.69) is 106 Å². The van der Waals surface area contributed by atoms with Crippen molar-refractivity contribution in [3.05, 3.63) is 133 Å². The number of oxazole rings is 2. The highest BCUT2D eigenvalue weighted by Gasteiger charge is 2.28. The largest absolute Gasteiger partial charge is 0.478 e. The second-order valence-corrected chi connectivity index (χ2v) is 24.7. The molecular weight excluding hydrogens is 1030 g/mol. The molecule has 6 N–H and O–H groups in total. The molecule has 0 spiro atoms. The number of thiazole rings is 2. The third-order valence-electron chi connectivity index (χ3n) is 11.9. The molecule has 6 aromatic rings. The van der Waals surface area contributed by atoms with Gasteiger partial charge in [-0.15, -0.1) is 23.5 Å². The maximum atomic E-state index is 12.9. The molecule has 0 aliphatic carbocycles. The summed E-state index contributed by atoms with van der Waals surface area (Å²) in [5.41, 5.74) is 9.64. The number of likely N-dealkylation sites (tertiary alicyclic amines) is 2. The van der Waals surface area contributed by atoms with Crippen LogP contribution in [0.3, 0.4) is 0 Å². The number of aromatic nitrogens is 4. The highest BCUT2D eigenvalue weighted by Crippen LogP contribution is 2.34. The van der Waals surface area contributed by atoms with Gasteiger partial charge in [0.1, 0.15) is 11.5 Å². The van der Waals surface area contributed by atoms with E-state index >= 15 is 0 Å². The first-order valence-corrected chi connectivity index (χ1v) is 28.2. The number of carbonyl (C=O) groups excluding carboxylic acids is 3. The third kappa shape index (κ3) is 19.2. The predicted molar refractivity (Wildman–Crippen MR) is 301 cm³/mol. The Kier molecular flexibility index (Phi) is 21.4. The second kappa shape index (κ2) is 27.6. The van der Waals surface area contributed by atoms with E-state index in [0.29, 0.717) is 33.6 Å². The zero-order valence-corrected chi connectivity index (χ0v) is 46.7. The summed E-state index contributed by atoms with van der Waals surface area (Å²) in [6, 6.07) is 15.8. The Labute approximate surface area is 455 Å². The average Bonchev–Trinajstić information content (AvgIpc) is 4.22. The van der Waals surface area contributed by atoms with Gasteiger partial charge in [-0.3, -0.25) is 24.2 Å². The first-order chi connectivity index (χ1) is 35.7. The van der Waals surface area contributed by atoms with Gasteiger partial charge in [0.2, 0.25) is 29.5 Å². The van der Waals surface area contributed by atoms with Crippen LogP contribution in [-0.4, -0.2) is 84.7 Å². The molecule has 6 heterocycles. The molecule has 2 aliphatic rings. The number of carbonyl (C=O) groups is 4. The molecule has 400 valence electrons. The summed E-state index contributed by atoms with van der Waals surface area (Å²) < 4.78 is 13.7. The number of hydrogen-bond acceptors (Lipinski definition) is 17. The fourth-order valence-corrected chi connectivity index (χ4v) is 11.2. The monoisotopic (exact) mass is 1100 g/mol. The maximum absolute atomic E-state index is 12.9. The number of nitrogen functional groups attached to an aromatic ring is 1. The Hall–Kier alpha value is -6.10. The zero-order valence-electron chi connectivity index (χ0n) is 43.4. The molecule has 0 bridgehead atoms. The average molecular weight is 1100 g/mol. The molecule has 21 heteroatoms. The number of anilines is 4. The van der Waals surface area contributed by atoms with Crippen LogP contribution in [-0.2, 0) is 54.6 Å². The van der Waals surface area contributed by atoms with Crippen molar-refractivity contribution in [3.63, 3.8) is 0 Å². The van der Waals surface area contributed by atoms with Crippen LogP contribution < -0.4 is 21.7 Å². The van der Waals surface area contributed by atoms with Gasteiger partial charge >= 0.3 is 5.97 Å². The first-order valence-electron chi connectivity index (χ1n) is 24.6. The van der Waals surface area contributed by atoms with Crippen molar-refractivity contribution in [2.45, 2.75) is 111 Å². The molecular formula is C54H68N10O7S4. The molecule has 8 rings (SSSR count). The lowest BCUT2D eigenvalue weighted by atomic mass is 9.94. The summed E-state index contributed by atoms with van der Waals surface area (Å²) >= 11 is 6.18. The number of aliphatic carboxylic acids is 1. The fourth-order valence-electron chi connectivity index (χ4n) is 7.75. The zero-order chi connectivity index (χ0) is 54.1. The Morgan fingerprint density at radius 2 is 1.12 bits per heavy atom. The van der Waals surface area contributed by atoms with Crippen molar-refractivity contribution in [1.29, 1.82) is 0 Å². The van der Waals surface area contributed by atoms with Crippen LogP contribution in [0.4, 0.5) is 21.6 Å². The molecule has 3 amide bonds. The standard InChI is InChI=1S/C27H33N5O3S2.C24H31N5O2S2.C3H4O2/c1-5-22(33)30-20-8-6-7-18(13-20)16-32-11-9-19(10-12-32)25(34)31-26-29-15-24(37-26)36-17-23-28-14-21(35-23)27(2,3)4;1-24(2,3)19-12-26-20(31-19)15-32-21-13-27-23(33-21)28-22(30)17-7-9-29(10-8-17)14-16-5-4-6-18(25)11-16;1-2-3(4)5/h5-8,13-15,19H,1,9-12,16-17H2,2-4H3,(H,30,33)(H,29,31,34);4-6,11-13,17H,7-10,14-15,25H2,1-3H3,(H,27,28,30);2H,1H2,(H,4,5). The lowest BCUT2D eigenvalue weighted by Crippen LogP contribution is -2.37. The first kappa shape index (κ1) is 58.2. The molecule has 0 saturated carbocycles. The van der Waals surface area contributed by atoms with Gasteiger partial charge in [-0.1, -0.05) is 102 Å². The van der Waals surface area contributed by atoms with Crippen molar-refractivity contribution in [2.75, 3.05) is 47.9 Å². The van der Waals surface area contributed by atoms with Crippen LogP contribution >= 0.6 is 46.2 Å². The minimum atomic E-state index is -0.981. The number of benzene rings is 2. The van der Waals surface area contributed by atoms with Crippen LogP contribution in [0.25, 0.3) is 0 Å². The smallest absolute Gasteiger partial charge is 0.327 e. The number of nitrogens with one attached hydrogen (secondary N) is 3. The Balaban J connectivity index is 0.000000225. The molecule has 0 atom stereocenters. The Bertz CT molecular complexity index is 2850. The minimum absolute atomic E-state index is 0.0187. The molecule has 2 aliphatic heterocycles. The van der Waals surface area contributed by atoms with Gasteiger partial charge in [-0.05, 0) is 93.3 Å². The van der Waals surface area contributed by atoms with E-state index in [1.165, 1.54) is 34.3 Å². The van der Waals surface area contributed by atoms with Crippen LogP contribution in [0.1, 0.15) is 102 Å². The lowest BCUT2D eigenvalue weighted by Gasteiger charge is -2.31. The number of nitrogens with two attached hydrogens (primary N) is 1. The van der Waals surface area contributed by atoms with Crippen LogP contribution in [0.2, 0.25) is 0 Å². The molecule has 2 saturated heterocycles. The number of hydrogen-bond donors (Lipinski definition) is 5. The Morgan fingerprint density at radius 1 is 0.680 bits per heavy atom. The van der Waals surface area contributed by atoms with Crippen LogP contribution in [0.15, 0.2) is 116 Å². The summed E-state index contributed by atoms with van der Waals surface area (Å²) in [4.78, 5) is 68.6. The van der Waals surface area contributed by atoms with Crippen molar-refractivity contribution in [3.8, 4) is 0 Å². The number of piperidine rings is 2. The summed E-state index contributed by atoms with van der Waals surface area (Å²) in [6.45, 7) is 24.2. The summed E-state index contributed by atoms with van der Waals surface area (Å²) in [6.07, 6.45) is 12.6. The highest BCUT2D eigenvalue weighted by atomic mass is 32.2. The fraction of sp³-hybridized carbons (Fsp3) is 0.407. The van der Waals surface area contributed by atoms with Crippen molar-refractivity contribution < 1.29 is 33.1 Å². The van der Waals surface area contributed by atoms with Crippen molar-refractivity contribution in [1.82, 2.24) is 29.7 Å². The highest BCUT2D eigenvalue weighted by molar-refractivity contribution is 8.00. The molecule has 2 fully saturated rings. The molecule has 0 radical (unpaired) electrons. The van der Waals surface area contributed by atoms with Gasteiger partial charge in [0.05, 0.1) is 44.7 Å². The third-order valence-corrected chi connectivity index (χ3v) is 16.1. The summed E-state index contributed by atoms with van der Waals surface area (Å²) in [5.74, 6) is 3.28. The number of thioether (sulfide) groups is 2. The summed E-state index contributed by atoms with van der Waals surface area (Å²) in [7, 11) is 0. The molecule has 2 aromatic carbocycles. The SMILES string of the molecule is C=CC(=O)Nc1cccc(CN2CCC(C(=O)Nc3ncc(SCc4ncc(C(C)(C)C)o4)s3)CC2)c1.C=CC(=O)O.CC(C)(C)c1cnc(CSc2cnc(NC(=O)C3CCN(Cc4cccc(N)c4)CC3)s2)o1. The molecule has 17 nitrogen and oxygen atoms in total. The van der Waals surface area contributed by atoms with Gasteiger partial charge in [0.25, 0.3) is 0 Å². The molecule has 4 aromatic heterocycles. The second-order valence-electron chi connectivity index (χ2n) is 20.0. The van der Waals surface area contributed by atoms with E-state index in [0.717, 1.165) is 108 Å². The lowest BCUT2D eigenvalue weighted by molar-refractivity contribution is -0.131. The van der Waals surface area contributed by atoms with E-state index in [4.69, 9.17) is 19.7 Å². The van der Waals surface area contributed by atoms with Gasteiger partial charge < -0.3 is 35.6 Å². The van der Waals surface area contributed by atoms with Crippen LogP contribution in [0, 0.1) is 11.8 Å². The number of nitrogens with zero attached hydrogens (tertiary/aromatic N) is 6. The van der Waals surface area contributed by atoms with E-state index in [1.807, 2.05) is 42.5 Å². The van der Waals surface area contributed by atoms with Gasteiger partial charge in [-0.25, -0.2) is 24.7 Å². The normalized spacial score (nSPS) is 14.6. The molecule has 0 unspecified atom stereocenters. The van der Waals surface area contributed by atoms with Gasteiger partial charge in [-0.2, -0.15) is 0 Å². The van der Waals surface area contributed by atoms with Crippen molar-refractivity contribution >= 4 is 91.5 Å².